The number of nitrogens with zero attached hydrogens (tertiary/aromatic N) is 4. The second-order valence-corrected chi connectivity index (χ2v) is 9.96. The molecule has 2 saturated carbocycles. The van der Waals surface area contributed by atoms with Gasteiger partial charge in [0, 0.05) is 44.2 Å². The molecule has 2 atom stereocenters. The van der Waals surface area contributed by atoms with Crippen LogP contribution in [0, 0.1) is 5.92 Å². The third-order valence-corrected chi connectivity index (χ3v) is 7.56. The Hall–Kier alpha value is -3.44. The van der Waals surface area contributed by atoms with Crippen molar-refractivity contribution in [3.8, 4) is 0 Å². The molecule has 11 heteroatoms. The molecule has 11 nitrogen and oxygen atoms in total. The van der Waals surface area contributed by atoms with Gasteiger partial charge in [-0.05, 0) is 37.3 Å². The van der Waals surface area contributed by atoms with Crippen LogP contribution in [0.2, 0.25) is 0 Å². The van der Waals surface area contributed by atoms with Crippen molar-refractivity contribution in [2.75, 3.05) is 30.9 Å². The van der Waals surface area contributed by atoms with Crippen LogP contribution in [0.4, 0.5) is 17.3 Å². The third kappa shape index (κ3) is 4.11. The van der Waals surface area contributed by atoms with Crippen molar-refractivity contribution < 1.29 is 14.3 Å². The minimum absolute atomic E-state index is 0.0796. The SMILES string of the molecule is CNc1cc(Nc2cccn(C3CCC4(CC3)OCCO4)c2=O)nc2c(C(=O)N[C@@H]3C[C@@H]3C)cnn12. The Labute approximate surface area is 208 Å². The van der Waals surface area contributed by atoms with Crippen molar-refractivity contribution in [1.29, 1.82) is 0 Å². The number of aromatic nitrogens is 4. The van der Waals surface area contributed by atoms with Gasteiger partial charge in [-0.2, -0.15) is 9.61 Å². The van der Waals surface area contributed by atoms with E-state index in [9.17, 15) is 9.59 Å². The van der Waals surface area contributed by atoms with Gasteiger partial charge in [0.2, 0.25) is 0 Å². The number of nitrogens with one attached hydrogen (secondary N) is 3. The molecule has 1 aliphatic heterocycles. The smallest absolute Gasteiger partial charge is 0.274 e. The number of amides is 1. The lowest BCUT2D eigenvalue weighted by Gasteiger charge is -2.36. The Balaban J connectivity index is 1.26. The first-order valence-electron chi connectivity index (χ1n) is 12.6. The lowest BCUT2D eigenvalue weighted by Crippen LogP contribution is -2.38. The first-order valence-corrected chi connectivity index (χ1v) is 12.6. The number of anilines is 3. The molecule has 0 unspecified atom stereocenters. The zero-order chi connectivity index (χ0) is 24.9. The van der Waals surface area contributed by atoms with Crippen molar-refractivity contribution in [3.05, 3.63) is 46.5 Å². The van der Waals surface area contributed by atoms with Crippen molar-refractivity contribution in [3.63, 3.8) is 0 Å². The normalized spacial score (nSPS) is 23.2. The summed E-state index contributed by atoms with van der Waals surface area (Å²) in [5, 5.41) is 13.6. The molecule has 0 bridgehead atoms. The van der Waals surface area contributed by atoms with E-state index in [-0.39, 0.29) is 23.6 Å². The van der Waals surface area contributed by atoms with Crippen molar-refractivity contribution in [2.45, 2.75) is 56.9 Å². The molecule has 190 valence electrons. The third-order valence-electron chi connectivity index (χ3n) is 7.56. The summed E-state index contributed by atoms with van der Waals surface area (Å²) in [6.45, 7) is 3.38. The molecule has 36 heavy (non-hydrogen) atoms. The standard InChI is InChI=1S/C25H31N7O4/c1-15-12-19(15)29-23(33)17-14-27-32-21(26-2)13-20(30-22(17)32)28-18-4-3-9-31(24(18)34)16-5-7-25(8-6-16)35-10-11-36-25/h3-4,9,13-16,19,26H,5-8,10-12H2,1-2H3,(H,28,30)(H,29,33)/t15-,19+/m0/s1. The minimum Gasteiger partial charge on any atom is -0.373 e. The molecule has 1 amide bonds. The fraction of sp³-hybridized carbons (Fsp3) is 0.520. The Morgan fingerprint density at radius 3 is 2.67 bits per heavy atom. The summed E-state index contributed by atoms with van der Waals surface area (Å²) < 4.78 is 15.0. The van der Waals surface area contributed by atoms with Crippen LogP contribution in [0.5, 0.6) is 0 Å². The molecule has 4 heterocycles. The molecule has 3 N–H and O–H groups in total. The molecule has 1 saturated heterocycles. The average Bonchev–Trinajstić information content (AvgIpc) is 3.24. The molecule has 2 aliphatic carbocycles. The summed E-state index contributed by atoms with van der Waals surface area (Å²) in [5.74, 6) is 0.921. The fourth-order valence-corrected chi connectivity index (χ4v) is 5.27. The molecule has 1 spiro atoms. The van der Waals surface area contributed by atoms with E-state index in [1.807, 2.05) is 12.3 Å². The maximum absolute atomic E-state index is 13.4. The van der Waals surface area contributed by atoms with Crippen LogP contribution in [0.15, 0.2) is 35.4 Å². The maximum atomic E-state index is 13.4. The lowest BCUT2D eigenvalue weighted by atomic mass is 9.90. The quantitative estimate of drug-likeness (QED) is 0.479. The van der Waals surface area contributed by atoms with Crippen molar-refractivity contribution in [1.82, 2.24) is 24.5 Å². The zero-order valence-corrected chi connectivity index (χ0v) is 20.5. The summed E-state index contributed by atoms with van der Waals surface area (Å²) in [4.78, 5) is 30.9. The van der Waals surface area contributed by atoms with Gasteiger partial charge < -0.3 is 30.0 Å². The summed E-state index contributed by atoms with van der Waals surface area (Å²) in [6.07, 6.45) is 7.51. The number of ether oxygens (including phenoxy) is 2. The van der Waals surface area contributed by atoms with E-state index in [1.165, 1.54) is 6.20 Å². The monoisotopic (exact) mass is 493 g/mol. The predicted molar refractivity (Wildman–Crippen MR) is 134 cm³/mol. The average molecular weight is 494 g/mol. The molecule has 3 fully saturated rings. The number of rotatable bonds is 6. The topological polar surface area (TPSA) is 124 Å². The van der Waals surface area contributed by atoms with Crippen LogP contribution in [-0.4, -0.2) is 57.2 Å². The number of carbonyl (C=O) groups is 1. The minimum atomic E-state index is -0.467. The highest BCUT2D eigenvalue weighted by molar-refractivity contribution is 6.00. The Morgan fingerprint density at radius 2 is 1.97 bits per heavy atom. The fourth-order valence-electron chi connectivity index (χ4n) is 5.27. The number of hydrogen-bond acceptors (Lipinski definition) is 8. The molecule has 3 aliphatic rings. The predicted octanol–water partition coefficient (Wildman–Crippen LogP) is 2.67. The van der Waals surface area contributed by atoms with Crippen LogP contribution in [0.3, 0.4) is 0 Å². The second-order valence-electron chi connectivity index (χ2n) is 9.96. The Morgan fingerprint density at radius 1 is 1.22 bits per heavy atom. The van der Waals surface area contributed by atoms with Crippen LogP contribution in [-0.2, 0) is 9.47 Å². The first kappa shape index (κ1) is 23.0. The van der Waals surface area contributed by atoms with Crippen molar-refractivity contribution >= 4 is 28.9 Å². The Kier molecular flexibility index (Phi) is 5.68. The molecule has 0 radical (unpaired) electrons. The highest BCUT2D eigenvalue weighted by Crippen LogP contribution is 2.39. The van der Waals surface area contributed by atoms with Gasteiger partial charge in [-0.15, -0.1) is 0 Å². The molecule has 3 aromatic heterocycles. The van der Waals surface area contributed by atoms with Gasteiger partial charge in [-0.1, -0.05) is 6.92 Å². The van der Waals surface area contributed by atoms with E-state index in [0.717, 1.165) is 32.1 Å². The molecule has 0 aromatic carbocycles. The molecular weight excluding hydrogens is 462 g/mol. The lowest BCUT2D eigenvalue weighted by molar-refractivity contribution is -0.181. The van der Waals surface area contributed by atoms with Crippen LogP contribution in [0.1, 0.15) is 55.4 Å². The highest BCUT2D eigenvalue weighted by Gasteiger charge is 2.41. The van der Waals surface area contributed by atoms with Gasteiger partial charge in [0.1, 0.15) is 22.9 Å². The van der Waals surface area contributed by atoms with Crippen LogP contribution >= 0.6 is 0 Å². The van der Waals surface area contributed by atoms with Gasteiger partial charge >= 0.3 is 0 Å². The highest BCUT2D eigenvalue weighted by atomic mass is 16.7. The van der Waals surface area contributed by atoms with E-state index >= 15 is 0 Å². The number of carbonyl (C=O) groups excluding carboxylic acids is 1. The van der Waals surface area contributed by atoms with Gasteiger partial charge in [0.25, 0.3) is 11.5 Å². The van der Waals surface area contributed by atoms with E-state index in [4.69, 9.17) is 9.47 Å². The summed E-state index contributed by atoms with van der Waals surface area (Å²) in [6, 6.07) is 5.65. The van der Waals surface area contributed by atoms with Crippen LogP contribution < -0.4 is 21.5 Å². The summed E-state index contributed by atoms with van der Waals surface area (Å²) >= 11 is 0. The maximum Gasteiger partial charge on any atom is 0.274 e. The van der Waals surface area contributed by atoms with E-state index in [1.54, 1.807) is 28.3 Å². The number of pyridine rings is 1. The van der Waals surface area contributed by atoms with Gasteiger partial charge in [0.15, 0.2) is 11.4 Å². The van der Waals surface area contributed by atoms with Crippen LogP contribution in [0.25, 0.3) is 5.65 Å². The molecular formula is C25H31N7O4. The molecule has 3 aromatic rings. The zero-order valence-electron chi connectivity index (χ0n) is 20.5. The van der Waals surface area contributed by atoms with E-state index < -0.39 is 5.79 Å². The van der Waals surface area contributed by atoms with Gasteiger partial charge in [0.05, 0.1) is 19.4 Å². The van der Waals surface area contributed by atoms with Crippen molar-refractivity contribution in [2.24, 2.45) is 5.92 Å². The summed E-state index contributed by atoms with van der Waals surface area (Å²) in [5.41, 5.74) is 1.11. The van der Waals surface area contributed by atoms with E-state index in [2.05, 4.69) is 33.0 Å². The largest absolute Gasteiger partial charge is 0.373 e. The molecule has 6 rings (SSSR count). The first-order chi connectivity index (χ1) is 17.5. The van der Waals surface area contributed by atoms with Gasteiger partial charge in [-0.3, -0.25) is 9.59 Å². The second kappa shape index (κ2) is 8.90. The van der Waals surface area contributed by atoms with Gasteiger partial charge in [-0.25, -0.2) is 4.98 Å². The van der Waals surface area contributed by atoms with E-state index in [0.29, 0.717) is 47.7 Å². The Bertz CT molecular complexity index is 1350. The number of hydrogen-bond donors (Lipinski definition) is 3. The summed E-state index contributed by atoms with van der Waals surface area (Å²) in [7, 11) is 1.77. The number of fused-ring (bicyclic) bond motifs is 1.